The average molecular weight is 294 g/mol. The molecule has 1 aromatic heterocycles. The van der Waals surface area contributed by atoms with E-state index in [0.717, 1.165) is 17.4 Å². The number of hydrogen-bond acceptors (Lipinski definition) is 3. The van der Waals surface area contributed by atoms with E-state index in [1.807, 2.05) is 28.9 Å². The van der Waals surface area contributed by atoms with Crippen molar-refractivity contribution >= 4 is 16.7 Å². The first-order valence-corrected chi connectivity index (χ1v) is 7.35. The lowest BCUT2D eigenvalue weighted by Gasteiger charge is -2.05. The van der Waals surface area contributed by atoms with E-state index in [9.17, 15) is 9.90 Å². The number of rotatable bonds is 4. The smallest absolute Gasteiger partial charge is 0.214 e. The molecule has 0 fully saturated rings. The van der Waals surface area contributed by atoms with Gasteiger partial charge in [-0.15, -0.1) is 0 Å². The molecule has 4 nitrogen and oxygen atoms in total. The van der Waals surface area contributed by atoms with Crippen molar-refractivity contribution in [2.24, 2.45) is 5.92 Å². The van der Waals surface area contributed by atoms with Gasteiger partial charge >= 0.3 is 0 Å². The number of fused-ring (bicyclic) bond motifs is 1. The summed E-state index contributed by atoms with van der Waals surface area (Å²) >= 11 is 0. The number of phenolic OH excluding ortho intramolecular Hbond substituents is 1. The number of phenols is 1. The SMILES string of the molecule is CC(C)Cn1nc(C(=O)c2cccc(O)c2)c2ccccc21. The number of aromatic nitrogens is 2. The van der Waals surface area contributed by atoms with Crippen LogP contribution in [0.4, 0.5) is 0 Å². The molecule has 3 aromatic rings. The summed E-state index contributed by atoms with van der Waals surface area (Å²) in [6.45, 7) is 4.99. The van der Waals surface area contributed by atoms with Gasteiger partial charge in [-0.3, -0.25) is 9.48 Å². The van der Waals surface area contributed by atoms with Crippen LogP contribution in [0.3, 0.4) is 0 Å². The number of benzene rings is 2. The number of hydrogen-bond donors (Lipinski definition) is 1. The van der Waals surface area contributed by atoms with Gasteiger partial charge in [0.15, 0.2) is 0 Å². The average Bonchev–Trinajstić information content (AvgIpc) is 2.85. The fraction of sp³-hybridized carbons (Fsp3) is 0.222. The van der Waals surface area contributed by atoms with Gasteiger partial charge in [0.1, 0.15) is 11.4 Å². The zero-order valence-electron chi connectivity index (χ0n) is 12.7. The van der Waals surface area contributed by atoms with Gasteiger partial charge < -0.3 is 5.11 Å². The van der Waals surface area contributed by atoms with Crippen molar-refractivity contribution in [1.82, 2.24) is 9.78 Å². The van der Waals surface area contributed by atoms with Gasteiger partial charge in [0.2, 0.25) is 5.78 Å². The van der Waals surface area contributed by atoms with Crippen LogP contribution in [-0.2, 0) is 6.54 Å². The first kappa shape index (κ1) is 14.3. The molecule has 0 amide bonds. The molecule has 0 atom stereocenters. The number of aromatic hydroxyl groups is 1. The Balaban J connectivity index is 2.12. The highest BCUT2D eigenvalue weighted by Crippen LogP contribution is 2.23. The van der Waals surface area contributed by atoms with Crippen molar-refractivity contribution < 1.29 is 9.90 Å². The third-order valence-electron chi connectivity index (χ3n) is 3.52. The van der Waals surface area contributed by atoms with E-state index >= 15 is 0 Å². The fourth-order valence-corrected chi connectivity index (χ4v) is 2.56. The van der Waals surface area contributed by atoms with Gasteiger partial charge in [-0.25, -0.2) is 0 Å². The Labute approximate surface area is 129 Å². The quantitative estimate of drug-likeness (QED) is 0.748. The third kappa shape index (κ3) is 2.60. The van der Waals surface area contributed by atoms with Crippen LogP contribution in [0.1, 0.15) is 29.9 Å². The Hall–Kier alpha value is -2.62. The Morgan fingerprint density at radius 2 is 1.95 bits per heavy atom. The summed E-state index contributed by atoms with van der Waals surface area (Å²) in [5, 5.41) is 14.9. The maximum Gasteiger partial charge on any atom is 0.214 e. The Bertz CT molecular complexity index is 834. The summed E-state index contributed by atoms with van der Waals surface area (Å²) in [5.74, 6) is 0.346. The van der Waals surface area contributed by atoms with E-state index in [2.05, 4.69) is 18.9 Å². The molecule has 0 saturated carbocycles. The van der Waals surface area contributed by atoms with E-state index < -0.39 is 0 Å². The van der Waals surface area contributed by atoms with E-state index in [4.69, 9.17) is 0 Å². The van der Waals surface area contributed by atoms with Crippen LogP contribution in [0, 0.1) is 5.92 Å². The van der Waals surface area contributed by atoms with Crippen LogP contribution in [0.2, 0.25) is 0 Å². The zero-order chi connectivity index (χ0) is 15.7. The second-order valence-corrected chi connectivity index (χ2v) is 5.82. The number of nitrogens with zero attached hydrogens (tertiary/aromatic N) is 2. The largest absolute Gasteiger partial charge is 0.508 e. The normalized spacial score (nSPS) is 11.2. The van der Waals surface area contributed by atoms with Crippen molar-refractivity contribution in [1.29, 1.82) is 0 Å². The molecule has 22 heavy (non-hydrogen) atoms. The van der Waals surface area contributed by atoms with Crippen LogP contribution in [0.15, 0.2) is 48.5 Å². The highest BCUT2D eigenvalue weighted by Gasteiger charge is 2.19. The summed E-state index contributed by atoms with van der Waals surface area (Å²) in [6.07, 6.45) is 0. The Morgan fingerprint density at radius 1 is 1.18 bits per heavy atom. The minimum atomic E-state index is -0.172. The van der Waals surface area contributed by atoms with Crippen LogP contribution >= 0.6 is 0 Å². The van der Waals surface area contributed by atoms with E-state index in [1.165, 1.54) is 6.07 Å². The summed E-state index contributed by atoms with van der Waals surface area (Å²) in [4.78, 5) is 12.7. The topological polar surface area (TPSA) is 55.1 Å². The van der Waals surface area contributed by atoms with Crippen LogP contribution < -0.4 is 0 Å². The number of carbonyl (C=O) groups is 1. The van der Waals surface area contributed by atoms with Crippen LogP contribution in [-0.4, -0.2) is 20.7 Å². The summed E-state index contributed by atoms with van der Waals surface area (Å²) in [5.41, 5.74) is 1.83. The fourth-order valence-electron chi connectivity index (χ4n) is 2.56. The highest BCUT2D eigenvalue weighted by atomic mass is 16.3. The minimum Gasteiger partial charge on any atom is -0.508 e. The van der Waals surface area contributed by atoms with Crippen LogP contribution in [0.25, 0.3) is 10.9 Å². The Morgan fingerprint density at radius 3 is 2.68 bits per heavy atom. The van der Waals surface area contributed by atoms with Crippen molar-refractivity contribution in [3.8, 4) is 5.75 Å². The standard InChI is InChI=1S/C18H18N2O2/c1-12(2)11-20-16-9-4-3-8-15(16)17(19-20)18(22)13-6-5-7-14(21)10-13/h3-10,12,21H,11H2,1-2H3. The van der Waals surface area contributed by atoms with Gasteiger partial charge in [0.05, 0.1) is 5.52 Å². The van der Waals surface area contributed by atoms with Crippen molar-refractivity contribution in [2.45, 2.75) is 20.4 Å². The maximum absolute atomic E-state index is 12.7. The molecule has 0 radical (unpaired) electrons. The number of para-hydroxylation sites is 1. The maximum atomic E-state index is 12.7. The molecule has 0 aliphatic rings. The lowest BCUT2D eigenvalue weighted by Crippen LogP contribution is -2.08. The zero-order valence-corrected chi connectivity index (χ0v) is 12.7. The lowest BCUT2D eigenvalue weighted by molar-refractivity contribution is 0.103. The molecule has 1 heterocycles. The minimum absolute atomic E-state index is 0.0803. The molecule has 4 heteroatoms. The van der Waals surface area contributed by atoms with E-state index in [1.54, 1.807) is 18.2 Å². The molecule has 0 saturated heterocycles. The molecule has 1 N–H and O–H groups in total. The predicted molar refractivity (Wildman–Crippen MR) is 86.1 cm³/mol. The van der Waals surface area contributed by atoms with E-state index in [-0.39, 0.29) is 11.5 Å². The second kappa shape index (κ2) is 5.64. The van der Waals surface area contributed by atoms with Gasteiger partial charge in [0, 0.05) is 17.5 Å². The van der Waals surface area contributed by atoms with Crippen LogP contribution in [0.5, 0.6) is 5.75 Å². The molecule has 0 aliphatic carbocycles. The predicted octanol–water partition coefficient (Wildman–Crippen LogP) is 3.63. The van der Waals surface area contributed by atoms with Gasteiger partial charge in [-0.05, 0) is 24.1 Å². The van der Waals surface area contributed by atoms with E-state index in [0.29, 0.717) is 17.2 Å². The van der Waals surface area contributed by atoms with Gasteiger partial charge in [-0.2, -0.15) is 5.10 Å². The second-order valence-electron chi connectivity index (χ2n) is 5.82. The number of ketones is 1. The van der Waals surface area contributed by atoms with Gasteiger partial charge in [0.25, 0.3) is 0 Å². The van der Waals surface area contributed by atoms with Gasteiger partial charge in [-0.1, -0.05) is 44.2 Å². The molecule has 0 unspecified atom stereocenters. The molecule has 112 valence electrons. The molecule has 3 rings (SSSR count). The monoisotopic (exact) mass is 294 g/mol. The molecular formula is C18H18N2O2. The van der Waals surface area contributed by atoms with Crippen molar-refractivity contribution in [3.05, 3.63) is 59.8 Å². The summed E-state index contributed by atoms with van der Waals surface area (Å²) < 4.78 is 1.88. The summed E-state index contributed by atoms with van der Waals surface area (Å²) in [7, 11) is 0. The third-order valence-corrected chi connectivity index (χ3v) is 3.52. The van der Waals surface area contributed by atoms with Crippen molar-refractivity contribution in [2.75, 3.05) is 0 Å². The molecule has 2 aromatic carbocycles. The van der Waals surface area contributed by atoms with Crippen molar-refractivity contribution in [3.63, 3.8) is 0 Å². The molecule has 0 spiro atoms. The Kier molecular flexibility index (Phi) is 3.67. The molecule has 0 aliphatic heterocycles. The lowest BCUT2D eigenvalue weighted by atomic mass is 10.1. The summed E-state index contributed by atoms with van der Waals surface area (Å²) in [6, 6.07) is 14.1. The highest BCUT2D eigenvalue weighted by molar-refractivity contribution is 6.15. The first-order valence-electron chi connectivity index (χ1n) is 7.35. The molecular weight excluding hydrogens is 276 g/mol. The number of carbonyl (C=O) groups excluding carboxylic acids is 1. The first-order chi connectivity index (χ1) is 10.6. The molecule has 0 bridgehead atoms.